The van der Waals surface area contributed by atoms with Crippen LogP contribution in [0.2, 0.25) is 0 Å². The molecule has 24 heavy (non-hydrogen) atoms. The average Bonchev–Trinajstić information content (AvgIpc) is 2.78. The summed E-state index contributed by atoms with van der Waals surface area (Å²) in [7, 11) is 1.80. The van der Waals surface area contributed by atoms with Gasteiger partial charge in [-0.2, -0.15) is 5.26 Å². The molecule has 0 saturated heterocycles. The Morgan fingerprint density at radius 2 is 2.00 bits per heavy atom. The van der Waals surface area contributed by atoms with Crippen LogP contribution in [0, 0.1) is 18.3 Å². The van der Waals surface area contributed by atoms with Crippen molar-refractivity contribution >= 4 is 34.7 Å². The summed E-state index contributed by atoms with van der Waals surface area (Å²) < 4.78 is 3.31. The zero-order valence-corrected chi connectivity index (χ0v) is 15.2. The van der Waals surface area contributed by atoms with E-state index in [4.69, 9.17) is 18.0 Å². The van der Waals surface area contributed by atoms with E-state index in [2.05, 4.69) is 5.32 Å². The van der Waals surface area contributed by atoms with Crippen molar-refractivity contribution in [2.24, 2.45) is 12.8 Å². The van der Waals surface area contributed by atoms with E-state index in [-0.39, 0.29) is 16.1 Å². The Hall–Kier alpha value is -2.50. The molecule has 1 heterocycles. The number of nitrogens with zero attached hydrogens (tertiary/aromatic N) is 3. The zero-order chi connectivity index (χ0) is 17.9. The number of nitrogens with two attached hydrogens (primary N) is 1. The van der Waals surface area contributed by atoms with Gasteiger partial charge in [-0.15, -0.1) is 11.8 Å². The van der Waals surface area contributed by atoms with Crippen molar-refractivity contribution in [3.05, 3.63) is 57.0 Å². The minimum Gasteiger partial charge on any atom is -0.389 e. The van der Waals surface area contributed by atoms with E-state index in [1.807, 2.05) is 43.3 Å². The number of thioether (sulfide) groups is 1. The lowest BCUT2D eigenvalue weighted by Gasteiger charge is -2.09. The molecule has 0 aliphatic rings. The summed E-state index contributed by atoms with van der Waals surface area (Å²) in [6.07, 6.45) is 1.78. The largest absolute Gasteiger partial charge is 0.389 e. The predicted octanol–water partition coefficient (Wildman–Crippen LogP) is 2.28. The Morgan fingerprint density at radius 1 is 1.38 bits per heavy atom. The number of benzene rings is 1. The maximum Gasteiger partial charge on any atom is 0.295 e. The van der Waals surface area contributed by atoms with Crippen molar-refractivity contribution < 1.29 is 0 Å². The Balaban J connectivity index is 2.60. The monoisotopic (exact) mass is 359 g/mol. The third kappa shape index (κ3) is 3.22. The van der Waals surface area contributed by atoms with Gasteiger partial charge >= 0.3 is 0 Å². The summed E-state index contributed by atoms with van der Waals surface area (Å²) in [5, 5.41) is 12.7. The molecule has 0 fully saturated rings. The molecule has 0 aliphatic carbocycles. The van der Waals surface area contributed by atoms with E-state index in [9.17, 15) is 10.1 Å². The minimum absolute atomic E-state index is 0.00804. The van der Waals surface area contributed by atoms with E-state index >= 15 is 0 Å². The van der Waals surface area contributed by atoms with Crippen LogP contribution >= 0.6 is 24.0 Å². The topological polar surface area (TPSA) is 88.8 Å². The van der Waals surface area contributed by atoms with Gasteiger partial charge < -0.3 is 11.1 Å². The maximum absolute atomic E-state index is 12.8. The molecule has 1 aromatic heterocycles. The molecule has 2 rings (SSSR count). The van der Waals surface area contributed by atoms with Gasteiger partial charge in [0.1, 0.15) is 22.3 Å². The van der Waals surface area contributed by atoms with E-state index < -0.39 is 0 Å². The highest BCUT2D eigenvalue weighted by atomic mass is 32.2. The van der Waals surface area contributed by atoms with Gasteiger partial charge in [-0.05, 0) is 25.3 Å². The highest BCUT2D eigenvalue weighted by Gasteiger charge is 2.18. The van der Waals surface area contributed by atoms with Gasteiger partial charge in [0.05, 0.1) is 16.4 Å². The van der Waals surface area contributed by atoms with Gasteiger partial charge in [-0.1, -0.05) is 30.4 Å². The van der Waals surface area contributed by atoms with Crippen molar-refractivity contribution in [1.82, 2.24) is 9.36 Å². The van der Waals surface area contributed by atoms with Gasteiger partial charge in [0.15, 0.2) is 0 Å². The predicted molar refractivity (Wildman–Crippen MR) is 102 cm³/mol. The number of hydrogen-bond donors (Lipinski definition) is 2. The summed E-state index contributed by atoms with van der Waals surface area (Å²) in [6, 6.07) is 11.3. The second-order valence-electron chi connectivity index (χ2n) is 4.95. The molecule has 6 nitrogen and oxygen atoms in total. The molecule has 0 radical (unpaired) electrons. The van der Waals surface area contributed by atoms with Crippen LogP contribution in [-0.2, 0) is 7.05 Å². The smallest absolute Gasteiger partial charge is 0.295 e. The average molecular weight is 359 g/mol. The standard InChI is InChI=1S/C16H17N5OS2/c1-10-13(19-15(24-3)12(9-17)14(18)23)16(22)21(20(10)2)11-7-5-4-6-8-11/h4-8,19H,1-3H3,(H2,18,23)/b15-12-. The number of thiocarbonyl (C=S) groups is 1. The Morgan fingerprint density at radius 3 is 2.50 bits per heavy atom. The summed E-state index contributed by atoms with van der Waals surface area (Å²) in [5.74, 6) is 0. The van der Waals surface area contributed by atoms with Crippen LogP contribution in [0.4, 0.5) is 5.69 Å². The number of rotatable bonds is 5. The first-order chi connectivity index (χ1) is 11.4. The third-order valence-electron chi connectivity index (χ3n) is 3.58. The lowest BCUT2D eigenvalue weighted by atomic mass is 10.3. The lowest BCUT2D eigenvalue weighted by Crippen LogP contribution is -2.21. The summed E-state index contributed by atoms with van der Waals surface area (Å²) >= 11 is 6.18. The molecule has 3 N–H and O–H groups in total. The van der Waals surface area contributed by atoms with E-state index in [1.165, 1.54) is 11.8 Å². The van der Waals surface area contributed by atoms with E-state index in [0.29, 0.717) is 10.7 Å². The van der Waals surface area contributed by atoms with Crippen LogP contribution in [-0.4, -0.2) is 20.6 Å². The van der Waals surface area contributed by atoms with Gasteiger partial charge in [0.2, 0.25) is 0 Å². The Kier molecular flexibility index (Phi) is 5.49. The van der Waals surface area contributed by atoms with Crippen molar-refractivity contribution in [2.75, 3.05) is 11.6 Å². The first-order valence-corrected chi connectivity index (χ1v) is 8.64. The maximum atomic E-state index is 12.8. The van der Waals surface area contributed by atoms with Crippen LogP contribution in [0.5, 0.6) is 0 Å². The Bertz CT molecular complexity index is 903. The molecule has 0 spiro atoms. The second kappa shape index (κ2) is 7.38. The fourth-order valence-corrected chi connectivity index (χ4v) is 3.04. The molecular formula is C16H17N5OS2. The highest BCUT2D eigenvalue weighted by molar-refractivity contribution is 8.02. The van der Waals surface area contributed by atoms with Crippen LogP contribution in [0.1, 0.15) is 5.69 Å². The fourth-order valence-electron chi connectivity index (χ4n) is 2.26. The van der Waals surface area contributed by atoms with Gasteiger partial charge in [-0.25, -0.2) is 4.68 Å². The number of aromatic nitrogens is 2. The number of hydrogen-bond acceptors (Lipinski definition) is 5. The zero-order valence-electron chi connectivity index (χ0n) is 13.5. The van der Waals surface area contributed by atoms with Crippen LogP contribution in [0.15, 0.2) is 45.7 Å². The van der Waals surface area contributed by atoms with Crippen LogP contribution in [0.25, 0.3) is 5.69 Å². The number of anilines is 1. The van der Waals surface area contributed by atoms with Crippen molar-refractivity contribution in [3.8, 4) is 11.8 Å². The van der Waals surface area contributed by atoms with Crippen molar-refractivity contribution in [2.45, 2.75) is 6.92 Å². The molecule has 8 heteroatoms. The molecule has 124 valence electrons. The first-order valence-electron chi connectivity index (χ1n) is 7.01. The number of para-hydroxylation sites is 1. The molecule has 0 atom stereocenters. The third-order valence-corrected chi connectivity index (χ3v) is 4.50. The minimum atomic E-state index is -0.215. The molecule has 0 amide bonds. The van der Waals surface area contributed by atoms with E-state index in [1.54, 1.807) is 22.7 Å². The molecule has 2 aromatic rings. The summed E-state index contributed by atoms with van der Waals surface area (Å²) in [4.78, 5) is 12.8. The van der Waals surface area contributed by atoms with Crippen molar-refractivity contribution in [1.29, 1.82) is 5.26 Å². The molecule has 0 saturated carbocycles. The van der Waals surface area contributed by atoms with Gasteiger partial charge in [-0.3, -0.25) is 9.48 Å². The van der Waals surface area contributed by atoms with Gasteiger partial charge in [0, 0.05) is 7.05 Å². The molecule has 0 bridgehead atoms. The van der Waals surface area contributed by atoms with Crippen LogP contribution in [0.3, 0.4) is 0 Å². The SMILES string of the molecule is CS/C(Nc1c(C)n(C)n(-c2ccccc2)c1=O)=C(/C#N)C(N)=S. The molecule has 0 aliphatic heterocycles. The highest BCUT2D eigenvalue weighted by Crippen LogP contribution is 2.22. The van der Waals surface area contributed by atoms with Gasteiger partial charge in [0.25, 0.3) is 5.56 Å². The molecule has 0 unspecified atom stereocenters. The number of nitrogens with one attached hydrogen (secondary N) is 1. The lowest BCUT2D eigenvalue weighted by molar-refractivity contribution is 0.630. The summed E-state index contributed by atoms with van der Waals surface area (Å²) in [6.45, 7) is 1.83. The fraction of sp³-hybridized carbons (Fsp3) is 0.188. The molecular weight excluding hydrogens is 342 g/mol. The van der Waals surface area contributed by atoms with Crippen molar-refractivity contribution in [3.63, 3.8) is 0 Å². The number of nitriles is 1. The van der Waals surface area contributed by atoms with E-state index in [0.717, 1.165) is 11.4 Å². The summed E-state index contributed by atoms with van der Waals surface area (Å²) in [5.41, 5.74) is 7.40. The quantitative estimate of drug-likeness (QED) is 0.484. The Labute approximate surface area is 149 Å². The second-order valence-corrected chi connectivity index (χ2v) is 6.20. The molecule has 1 aromatic carbocycles. The normalized spacial score (nSPS) is 11.6. The van der Waals surface area contributed by atoms with Crippen LogP contribution < -0.4 is 16.6 Å². The first kappa shape index (κ1) is 17.8.